The maximum absolute atomic E-state index is 11.4. The first-order chi connectivity index (χ1) is 6.83. The minimum absolute atomic E-state index is 0.266. The van der Waals surface area contributed by atoms with E-state index < -0.39 is 28.1 Å². The SMILES string of the molecule is CN(C)S(=O)(=O)NC1C=CC(C(=O)O)C1. The molecule has 0 aromatic rings. The van der Waals surface area contributed by atoms with Crippen LogP contribution in [0.2, 0.25) is 0 Å². The van der Waals surface area contributed by atoms with Gasteiger partial charge in [-0.3, -0.25) is 4.79 Å². The quantitative estimate of drug-likeness (QED) is 0.637. The zero-order valence-electron chi connectivity index (χ0n) is 8.54. The maximum atomic E-state index is 11.4. The number of rotatable bonds is 4. The van der Waals surface area contributed by atoms with Crippen LogP contribution in [-0.4, -0.2) is 43.9 Å². The van der Waals surface area contributed by atoms with Crippen LogP contribution in [0.5, 0.6) is 0 Å². The number of carbonyl (C=O) groups is 1. The van der Waals surface area contributed by atoms with E-state index in [9.17, 15) is 13.2 Å². The molecule has 0 radical (unpaired) electrons. The summed E-state index contributed by atoms with van der Waals surface area (Å²) in [6.45, 7) is 0. The molecular formula is C8H14N2O4S. The van der Waals surface area contributed by atoms with Crippen molar-refractivity contribution in [3.8, 4) is 0 Å². The van der Waals surface area contributed by atoms with Crippen molar-refractivity contribution in [3.63, 3.8) is 0 Å². The van der Waals surface area contributed by atoms with Gasteiger partial charge in [0.15, 0.2) is 0 Å². The van der Waals surface area contributed by atoms with E-state index in [1.54, 1.807) is 6.08 Å². The normalized spacial score (nSPS) is 26.1. The summed E-state index contributed by atoms with van der Waals surface area (Å²) in [6.07, 6.45) is 3.34. The predicted molar refractivity (Wildman–Crippen MR) is 54.4 cm³/mol. The molecule has 1 aliphatic rings. The van der Waals surface area contributed by atoms with Crippen molar-refractivity contribution in [1.82, 2.24) is 9.03 Å². The number of hydrogen-bond donors (Lipinski definition) is 2. The Morgan fingerprint density at radius 1 is 1.47 bits per heavy atom. The summed E-state index contributed by atoms with van der Waals surface area (Å²) in [7, 11) is -0.667. The molecule has 6 nitrogen and oxygen atoms in total. The molecule has 0 saturated carbocycles. The van der Waals surface area contributed by atoms with Crippen LogP contribution in [0.15, 0.2) is 12.2 Å². The fourth-order valence-corrected chi connectivity index (χ4v) is 2.03. The summed E-state index contributed by atoms with van der Waals surface area (Å²) in [6, 6.07) is -0.432. The Labute approximate surface area is 88.8 Å². The Morgan fingerprint density at radius 2 is 2.07 bits per heavy atom. The molecule has 2 unspecified atom stereocenters. The molecule has 0 amide bonds. The highest BCUT2D eigenvalue weighted by atomic mass is 32.2. The van der Waals surface area contributed by atoms with Crippen LogP contribution < -0.4 is 4.72 Å². The van der Waals surface area contributed by atoms with Crippen LogP contribution in [0.25, 0.3) is 0 Å². The first-order valence-electron chi connectivity index (χ1n) is 4.44. The first-order valence-corrected chi connectivity index (χ1v) is 5.88. The Kier molecular flexibility index (Phi) is 3.48. The summed E-state index contributed by atoms with van der Waals surface area (Å²) >= 11 is 0. The van der Waals surface area contributed by atoms with Gasteiger partial charge in [-0.25, -0.2) is 0 Å². The third-order valence-corrected chi connectivity index (χ3v) is 3.74. The second-order valence-corrected chi connectivity index (χ2v) is 5.49. The fraction of sp³-hybridized carbons (Fsp3) is 0.625. The van der Waals surface area contributed by atoms with Gasteiger partial charge >= 0.3 is 5.97 Å². The Hall–Kier alpha value is -0.920. The largest absolute Gasteiger partial charge is 0.481 e. The highest BCUT2D eigenvalue weighted by molar-refractivity contribution is 7.87. The van der Waals surface area contributed by atoms with E-state index in [-0.39, 0.29) is 6.42 Å². The lowest BCUT2D eigenvalue weighted by atomic mass is 10.1. The van der Waals surface area contributed by atoms with Gasteiger partial charge in [-0.15, -0.1) is 0 Å². The van der Waals surface area contributed by atoms with Crippen molar-refractivity contribution in [3.05, 3.63) is 12.2 Å². The van der Waals surface area contributed by atoms with Crippen LogP contribution >= 0.6 is 0 Å². The predicted octanol–water partition coefficient (Wildman–Crippen LogP) is -0.588. The molecule has 0 bridgehead atoms. The molecule has 2 N–H and O–H groups in total. The van der Waals surface area contributed by atoms with E-state index >= 15 is 0 Å². The molecule has 1 rings (SSSR count). The van der Waals surface area contributed by atoms with Gasteiger partial charge in [0.2, 0.25) is 0 Å². The Morgan fingerprint density at radius 3 is 2.47 bits per heavy atom. The number of hydrogen-bond acceptors (Lipinski definition) is 3. The van der Waals surface area contributed by atoms with Crippen LogP contribution in [0.1, 0.15) is 6.42 Å². The lowest BCUT2D eigenvalue weighted by Gasteiger charge is -2.16. The average Bonchev–Trinajstić information content (AvgIpc) is 2.51. The summed E-state index contributed by atoms with van der Waals surface area (Å²) in [5, 5.41) is 8.70. The fourth-order valence-electron chi connectivity index (χ4n) is 1.27. The minimum Gasteiger partial charge on any atom is -0.481 e. The highest BCUT2D eigenvalue weighted by Gasteiger charge is 2.27. The number of aliphatic carboxylic acids is 1. The Balaban J connectivity index is 2.59. The second-order valence-electron chi connectivity index (χ2n) is 3.58. The number of nitrogens with zero attached hydrogens (tertiary/aromatic N) is 1. The molecule has 1 aliphatic carbocycles. The lowest BCUT2D eigenvalue weighted by molar-refractivity contribution is -0.140. The Bertz CT molecular complexity index is 374. The van der Waals surface area contributed by atoms with Gasteiger partial charge in [-0.1, -0.05) is 12.2 Å². The van der Waals surface area contributed by atoms with Crippen molar-refractivity contribution in [1.29, 1.82) is 0 Å². The number of carboxylic acids is 1. The molecule has 15 heavy (non-hydrogen) atoms. The monoisotopic (exact) mass is 234 g/mol. The van der Waals surface area contributed by atoms with Crippen molar-refractivity contribution in [2.45, 2.75) is 12.5 Å². The van der Waals surface area contributed by atoms with Gasteiger partial charge in [-0.2, -0.15) is 17.4 Å². The molecule has 0 fully saturated rings. The number of carboxylic acid groups (broad SMARTS) is 1. The lowest BCUT2D eigenvalue weighted by Crippen LogP contribution is -2.41. The summed E-state index contributed by atoms with van der Waals surface area (Å²) in [5.41, 5.74) is 0. The van der Waals surface area contributed by atoms with Crippen LogP contribution in [0, 0.1) is 5.92 Å². The molecule has 0 spiro atoms. The van der Waals surface area contributed by atoms with E-state index in [4.69, 9.17) is 5.11 Å². The van der Waals surface area contributed by atoms with Gasteiger partial charge in [0.25, 0.3) is 10.2 Å². The van der Waals surface area contributed by atoms with Crippen LogP contribution in [0.3, 0.4) is 0 Å². The van der Waals surface area contributed by atoms with E-state index in [2.05, 4.69) is 4.72 Å². The molecular weight excluding hydrogens is 220 g/mol. The van der Waals surface area contributed by atoms with E-state index in [1.807, 2.05) is 0 Å². The van der Waals surface area contributed by atoms with Gasteiger partial charge in [-0.05, 0) is 6.42 Å². The highest BCUT2D eigenvalue weighted by Crippen LogP contribution is 2.18. The van der Waals surface area contributed by atoms with Crippen LogP contribution in [0.4, 0.5) is 0 Å². The van der Waals surface area contributed by atoms with Gasteiger partial charge in [0, 0.05) is 20.1 Å². The standard InChI is InChI=1S/C8H14N2O4S/c1-10(2)15(13,14)9-7-4-3-6(5-7)8(11)12/h3-4,6-7,9H,5H2,1-2H3,(H,11,12). The molecule has 0 aromatic heterocycles. The summed E-state index contributed by atoms with van der Waals surface area (Å²) in [5.74, 6) is -1.53. The molecule has 7 heteroatoms. The molecule has 0 saturated heterocycles. The summed E-state index contributed by atoms with van der Waals surface area (Å²) in [4.78, 5) is 10.6. The molecule has 86 valence electrons. The van der Waals surface area contributed by atoms with E-state index in [0.29, 0.717) is 0 Å². The average molecular weight is 234 g/mol. The third kappa shape index (κ3) is 3.01. The number of nitrogens with one attached hydrogen (secondary N) is 1. The smallest absolute Gasteiger partial charge is 0.310 e. The minimum atomic E-state index is -3.49. The van der Waals surface area contributed by atoms with Crippen molar-refractivity contribution < 1.29 is 18.3 Å². The summed E-state index contributed by atoms with van der Waals surface area (Å²) < 4.78 is 26.2. The molecule has 0 heterocycles. The maximum Gasteiger partial charge on any atom is 0.310 e. The van der Waals surface area contributed by atoms with Crippen molar-refractivity contribution >= 4 is 16.2 Å². The first kappa shape index (κ1) is 12.2. The van der Waals surface area contributed by atoms with E-state index in [1.165, 1.54) is 20.2 Å². The molecule has 0 aliphatic heterocycles. The molecule has 0 aromatic carbocycles. The van der Waals surface area contributed by atoms with Gasteiger partial charge in [0.05, 0.1) is 5.92 Å². The second kappa shape index (κ2) is 4.30. The third-order valence-electron chi connectivity index (χ3n) is 2.18. The topological polar surface area (TPSA) is 86.7 Å². The van der Waals surface area contributed by atoms with Crippen molar-refractivity contribution in [2.24, 2.45) is 5.92 Å². The molecule has 2 atom stereocenters. The zero-order chi connectivity index (χ0) is 11.6. The van der Waals surface area contributed by atoms with Gasteiger partial charge < -0.3 is 5.11 Å². The zero-order valence-corrected chi connectivity index (χ0v) is 9.36. The van der Waals surface area contributed by atoms with Crippen molar-refractivity contribution in [2.75, 3.05) is 14.1 Å². The van der Waals surface area contributed by atoms with Gasteiger partial charge in [0.1, 0.15) is 0 Å². The van der Waals surface area contributed by atoms with Crippen LogP contribution in [-0.2, 0) is 15.0 Å². The van der Waals surface area contributed by atoms with E-state index in [0.717, 1.165) is 4.31 Å².